The van der Waals surface area contributed by atoms with Gasteiger partial charge < -0.3 is 10.4 Å². The highest BCUT2D eigenvalue weighted by Gasteiger charge is 2.07. The monoisotopic (exact) mass is 359 g/mol. The van der Waals surface area contributed by atoms with Crippen LogP contribution in [0.3, 0.4) is 0 Å². The first-order valence-corrected chi connectivity index (χ1v) is 7.24. The third-order valence-electron chi connectivity index (χ3n) is 2.70. The van der Waals surface area contributed by atoms with Crippen LogP contribution in [0.4, 0.5) is 0 Å². The van der Waals surface area contributed by atoms with Crippen molar-refractivity contribution in [2.45, 2.75) is 13.1 Å². The molecule has 0 saturated heterocycles. The minimum absolute atomic E-state index is 0.0747. The molecule has 0 radical (unpaired) electrons. The number of rotatable bonds is 4. The highest BCUT2D eigenvalue weighted by atomic mass is 79.9. The summed E-state index contributed by atoms with van der Waals surface area (Å²) in [6.45, 7) is 1.18. The number of nitrogens with one attached hydrogen (secondary N) is 1. The topological polar surface area (TPSA) is 32.3 Å². The van der Waals surface area contributed by atoms with Crippen LogP contribution in [0.2, 0.25) is 10.0 Å². The summed E-state index contributed by atoms with van der Waals surface area (Å²) in [5.74, 6) is 0.0747. The van der Waals surface area contributed by atoms with E-state index in [2.05, 4.69) is 21.2 Å². The van der Waals surface area contributed by atoms with Crippen LogP contribution >= 0.6 is 39.1 Å². The van der Waals surface area contributed by atoms with E-state index in [-0.39, 0.29) is 10.8 Å². The van der Waals surface area contributed by atoms with Crippen LogP contribution in [-0.4, -0.2) is 5.11 Å². The molecule has 2 nitrogen and oxygen atoms in total. The largest absolute Gasteiger partial charge is 0.506 e. The summed E-state index contributed by atoms with van der Waals surface area (Å²) < 4.78 is 1.05. The van der Waals surface area contributed by atoms with Crippen molar-refractivity contribution in [2.75, 3.05) is 0 Å². The summed E-state index contributed by atoms with van der Waals surface area (Å²) in [4.78, 5) is 0. The van der Waals surface area contributed by atoms with E-state index in [0.29, 0.717) is 23.7 Å². The first-order valence-electron chi connectivity index (χ1n) is 5.69. The van der Waals surface area contributed by atoms with Crippen molar-refractivity contribution >= 4 is 39.1 Å². The van der Waals surface area contributed by atoms with E-state index in [1.54, 1.807) is 6.07 Å². The summed E-state index contributed by atoms with van der Waals surface area (Å²) in [6, 6.07) is 11.2. The van der Waals surface area contributed by atoms with Crippen molar-refractivity contribution in [2.24, 2.45) is 0 Å². The lowest BCUT2D eigenvalue weighted by atomic mass is 10.2. The van der Waals surface area contributed by atoms with Crippen LogP contribution in [-0.2, 0) is 13.1 Å². The van der Waals surface area contributed by atoms with Gasteiger partial charge in [-0.25, -0.2) is 0 Å². The molecule has 2 N–H and O–H groups in total. The molecule has 5 heteroatoms. The summed E-state index contributed by atoms with van der Waals surface area (Å²) in [7, 11) is 0. The van der Waals surface area contributed by atoms with Gasteiger partial charge in [-0.15, -0.1) is 0 Å². The fourth-order valence-corrected chi connectivity index (χ4v) is 2.69. The minimum atomic E-state index is 0.0747. The Morgan fingerprint density at radius 3 is 2.47 bits per heavy atom. The Hall–Kier alpha value is -0.740. The fourth-order valence-electron chi connectivity index (χ4n) is 1.73. The number of hydrogen-bond acceptors (Lipinski definition) is 2. The third kappa shape index (κ3) is 3.86. The predicted molar refractivity (Wildman–Crippen MR) is 82.8 cm³/mol. The van der Waals surface area contributed by atoms with Crippen molar-refractivity contribution in [3.63, 3.8) is 0 Å². The van der Waals surface area contributed by atoms with Crippen molar-refractivity contribution in [3.8, 4) is 5.75 Å². The van der Waals surface area contributed by atoms with E-state index in [9.17, 15) is 5.11 Å². The van der Waals surface area contributed by atoms with Crippen molar-refractivity contribution in [3.05, 3.63) is 62.0 Å². The Morgan fingerprint density at radius 1 is 1.05 bits per heavy atom. The molecule has 19 heavy (non-hydrogen) atoms. The molecule has 0 atom stereocenters. The molecule has 0 heterocycles. The van der Waals surface area contributed by atoms with Gasteiger partial charge in [-0.05, 0) is 23.8 Å². The maximum atomic E-state index is 9.83. The van der Waals surface area contributed by atoms with Crippen molar-refractivity contribution in [1.29, 1.82) is 0 Å². The number of aromatic hydroxyl groups is 1. The lowest BCUT2D eigenvalue weighted by molar-refractivity contribution is 0.464. The van der Waals surface area contributed by atoms with Gasteiger partial charge in [0.2, 0.25) is 0 Å². The molecular formula is C14H12BrCl2NO. The molecule has 0 aliphatic carbocycles. The van der Waals surface area contributed by atoms with Gasteiger partial charge in [-0.2, -0.15) is 0 Å². The standard InChI is InChI=1S/C14H12BrCl2NO/c15-12-4-2-1-3-9(12)7-18-8-10-5-11(16)6-13(17)14(10)19/h1-6,18-19H,7-8H2. The number of benzene rings is 2. The summed E-state index contributed by atoms with van der Waals surface area (Å²) in [5, 5.41) is 13.9. The summed E-state index contributed by atoms with van der Waals surface area (Å²) >= 11 is 15.3. The van der Waals surface area contributed by atoms with Gasteiger partial charge in [-0.3, -0.25) is 0 Å². The molecule has 2 aromatic carbocycles. The first kappa shape index (κ1) is 14.7. The second-order valence-corrected chi connectivity index (χ2v) is 5.79. The van der Waals surface area contributed by atoms with E-state index in [1.807, 2.05) is 24.3 Å². The average Bonchev–Trinajstić information content (AvgIpc) is 2.37. The molecule has 0 aliphatic heterocycles. The number of phenolic OH excluding ortho intramolecular Hbond substituents is 1. The zero-order valence-corrected chi connectivity index (χ0v) is 13.1. The first-order chi connectivity index (χ1) is 9.08. The van der Waals surface area contributed by atoms with Gasteiger partial charge in [0.1, 0.15) is 5.75 Å². The second kappa shape index (κ2) is 6.62. The Morgan fingerprint density at radius 2 is 1.74 bits per heavy atom. The molecule has 100 valence electrons. The Bertz CT molecular complexity index is 590. The lowest BCUT2D eigenvalue weighted by Gasteiger charge is -2.09. The Labute approximate surface area is 130 Å². The van der Waals surface area contributed by atoms with Crippen LogP contribution in [0.1, 0.15) is 11.1 Å². The van der Waals surface area contributed by atoms with E-state index >= 15 is 0 Å². The molecule has 0 spiro atoms. The smallest absolute Gasteiger partial charge is 0.138 e. The maximum absolute atomic E-state index is 9.83. The summed E-state index contributed by atoms with van der Waals surface area (Å²) in [5.41, 5.74) is 1.83. The highest BCUT2D eigenvalue weighted by molar-refractivity contribution is 9.10. The third-order valence-corrected chi connectivity index (χ3v) is 3.98. The summed E-state index contributed by atoms with van der Waals surface area (Å²) in [6.07, 6.45) is 0. The van der Waals surface area contributed by atoms with Gasteiger partial charge in [0.15, 0.2) is 0 Å². The molecule has 2 aromatic rings. The fraction of sp³-hybridized carbons (Fsp3) is 0.143. The van der Waals surface area contributed by atoms with E-state index < -0.39 is 0 Å². The van der Waals surface area contributed by atoms with E-state index in [0.717, 1.165) is 10.0 Å². The van der Waals surface area contributed by atoms with Crippen LogP contribution in [0.25, 0.3) is 0 Å². The molecule has 0 unspecified atom stereocenters. The predicted octanol–water partition coefficient (Wildman–Crippen LogP) is 4.75. The van der Waals surface area contributed by atoms with Gasteiger partial charge in [-0.1, -0.05) is 57.3 Å². The van der Waals surface area contributed by atoms with Gasteiger partial charge in [0.05, 0.1) is 5.02 Å². The average molecular weight is 361 g/mol. The van der Waals surface area contributed by atoms with Crippen LogP contribution in [0.15, 0.2) is 40.9 Å². The van der Waals surface area contributed by atoms with E-state index in [1.165, 1.54) is 6.07 Å². The van der Waals surface area contributed by atoms with Crippen LogP contribution in [0, 0.1) is 0 Å². The number of phenols is 1. The number of hydrogen-bond donors (Lipinski definition) is 2. The van der Waals surface area contributed by atoms with E-state index in [4.69, 9.17) is 23.2 Å². The van der Waals surface area contributed by atoms with Crippen molar-refractivity contribution < 1.29 is 5.11 Å². The quantitative estimate of drug-likeness (QED) is 0.824. The molecule has 0 saturated carbocycles. The zero-order valence-electron chi connectivity index (χ0n) is 9.96. The normalized spacial score (nSPS) is 10.7. The SMILES string of the molecule is Oc1c(Cl)cc(Cl)cc1CNCc1ccccc1Br. The highest BCUT2D eigenvalue weighted by Crippen LogP contribution is 2.31. The lowest BCUT2D eigenvalue weighted by Crippen LogP contribution is -2.13. The Kier molecular flexibility index (Phi) is 5.11. The molecule has 0 amide bonds. The van der Waals surface area contributed by atoms with Crippen molar-refractivity contribution in [1.82, 2.24) is 5.32 Å². The molecular weight excluding hydrogens is 349 g/mol. The minimum Gasteiger partial charge on any atom is -0.506 e. The van der Waals surface area contributed by atoms with Crippen LogP contribution in [0.5, 0.6) is 5.75 Å². The molecule has 0 fully saturated rings. The van der Waals surface area contributed by atoms with Gasteiger partial charge in [0, 0.05) is 28.1 Å². The molecule has 2 rings (SSSR count). The molecule has 0 aromatic heterocycles. The van der Waals surface area contributed by atoms with Gasteiger partial charge >= 0.3 is 0 Å². The Balaban J connectivity index is 2.02. The molecule has 0 aliphatic rings. The maximum Gasteiger partial charge on any atom is 0.138 e. The zero-order chi connectivity index (χ0) is 13.8. The second-order valence-electron chi connectivity index (χ2n) is 4.09. The molecule has 0 bridgehead atoms. The van der Waals surface area contributed by atoms with Crippen LogP contribution < -0.4 is 5.32 Å². The number of halogens is 3. The van der Waals surface area contributed by atoms with Gasteiger partial charge in [0.25, 0.3) is 0 Å².